The molecule has 1 amide bonds. The summed E-state index contributed by atoms with van der Waals surface area (Å²) in [6.45, 7) is 8.66. The van der Waals surface area contributed by atoms with Gasteiger partial charge in [0.2, 0.25) is 0 Å². The molecule has 0 unspecified atom stereocenters. The number of hydrogen-bond donors (Lipinski definition) is 4. The molecule has 1 aromatic carbocycles. The number of aliphatic carboxylic acids is 2. The first-order valence-corrected chi connectivity index (χ1v) is 13.2. The Balaban J connectivity index is 1.55. The summed E-state index contributed by atoms with van der Waals surface area (Å²) in [5, 5.41) is 40.8. The number of hydrogen-bond acceptors (Lipinski definition) is 6. The van der Waals surface area contributed by atoms with Crippen LogP contribution in [0.5, 0.6) is 11.5 Å². The number of ether oxygens (including phenoxy) is 1. The van der Waals surface area contributed by atoms with Crippen LogP contribution in [0.15, 0.2) is 6.07 Å². The average molecular weight is 516 g/mol. The number of carbonyl (C=O) groups excluding carboxylic acids is 1. The quantitative estimate of drug-likeness (QED) is 0.466. The van der Waals surface area contributed by atoms with Crippen molar-refractivity contribution in [3.63, 3.8) is 0 Å². The molecule has 9 nitrogen and oxygen atoms in total. The van der Waals surface area contributed by atoms with Crippen molar-refractivity contribution in [2.75, 3.05) is 0 Å². The summed E-state index contributed by atoms with van der Waals surface area (Å²) in [4.78, 5) is 37.6. The van der Waals surface area contributed by atoms with Crippen molar-refractivity contribution in [2.45, 2.75) is 96.9 Å². The van der Waals surface area contributed by atoms with Crippen LogP contribution in [-0.2, 0) is 22.6 Å². The van der Waals surface area contributed by atoms with E-state index in [0.29, 0.717) is 29.7 Å². The third-order valence-electron chi connectivity index (χ3n) is 10.4. The van der Waals surface area contributed by atoms with Gasteiger partial charge in [0.05, 0.1) is 18.2 Å². The van der Waals surface area contributed by atoms with Crippen molar-refractivity contribution in [1.82, 2.24) is 4.90 Å². The number of phenols is 1. The summed E-state index contributed by atoms with van der Waals surface area (Å²) >= 11 is 0. The zero-order valence-electron chi connectivity index (χ0n) is 21.9. The van der Waals surface area contributed by atoms with E-state index in [1.54, 1.807) is 0 Å². The highest BCUT2D eigenvalue weighted by Gasteiger charge is 2.67. The zero-order chi connectivity index (χ0) is 27.1. The Morgan fingerprint density at radius 3 is 2.51 bits per heavy atom. The first kappa shape index (κ1) is 25.8. The van der Waals surface area contributed by atoms with E-state index >= 15 is 0 Å². The van der Waals surface area contributed by atoms with Crippen LogP contribution in [0.25, 0.3) is 0 Å². The highest BCUT2D eigenvalue weighted by Crippen LogP contribution is 2.67. The summed E-state index contributed by atoms with van der Waals surface area (Å²) in [6, 6.07) is 0.122. The van der Waals surface area contributed by atoms with Gasteiger partial charge in [0.15, 0.2) is 0 Å². The van der Waals surface area contributed by atoms with Crippen LogP contribution < -0.4 is 4.74 Å². The maximum atomic E-state index is 13.3. The van der Waals surface area contributed by atoms with Gasteiger partial charge in [-0.15, -0.1) is 0 Å². The third-order valence-corrected chi connectivity index (χ3v) is 10.4. The number of aliphatic hydroxyl groups is 1. The van der Waals surface area contributed by atoms with Crippen LogP contribution in [0.2, 0.25) is 0 Å². The Morgan fingerprint density at radius 1 is 1.16 bits per heavy atom. The number of carboxylic acid groups (broad SMARTS) is 2. The lowest BCUT2D eigenvalue weighted by Crippen LogP contribution is -2.66. The van der Waals surface area contributed by atoms with Crippen LogP contribution in [0.1, 0.15) is 87.7 Å². The molecule has 1 spiro atoms. The second-order valence-electron chi connectivity index (χ2n) is 12.4. The monoisotopic (exact) mass is 515 g/mol. The smallest absolute Gasteiger partial charge is 0.326 e. The number of carbonyl (C=O) groups is 3. The molecule has 2 aliphatic carbocycles. The van der Waals surface area contributed by atoms with E-state index < -0.39 is 35.6 Å². The largest absolute Gasteiger partial charge is 0.508 e. The highest BCUT2D eigenvalue weighted by molar-refractivity contribution is 6.02. The minimum Gasteiger partial charge on any atom is -0.508 e. The van der Waals surface area contributed by atoms with Gasteiger partial charge in [0, 0.05) is 29.4 Å². The molecule has 0 saturated heterocycles. The van der Waals surface area contributed by atoms with Gasteiger partial charge < -0.3 is 30.1 Å². The minimum absolute atomic E-state index is 0.0117. The van der Waals surface area contributed by atoms with Crippen LogP contribution in [-0.4, -0.2) is 60.9 Å². The predicted molar refractivity (Wildman–Crippen MR) is 132 cm³/mol. The summed E-state index contributed by atoms with van der Waals surface area (Å²) in [7, 11) is 0. The van der Waals surface area contributed by atoms with Crippen LogP contribution in [0.4, 0.5) is 0 Å². The van der Waals surface area contributed by atoms with E-state index in [9.17, 15) is 29.7 Å². The number of aromatic hydroxyl groups is 1. The van der Waals surface area contributed by atoms with Crippen molar-refractivity contribution in [3.8, 4) is 11.5 Å². The SMILES string of the molecule is C[C@H]1CC[C@@H]2C(C)(C)[C@H](O)CC[C@]2(C)[C@]12Cc1c(O)cc3c(c1O2)CN([C@@H](CCC(=O)O)C(=O)O)C3=O. The number of fused-ring (bicyclic) bond motifs is 5. The minimum atomic E-state index is -1.29. The van der Waals surface area contributed by atoms with Crippen LogP contribution >= 0.6 is 0 Å². The molecule has 0 aromatic heterocycles. The Kier molecular flexibility index (Phi) is 5.83. The first-order valence-electron chi connectivity index (χ1n) is 13.2. The fourth-order valence-corrected chi connectivity index (χ4v) is 8.22. The van der Waals surface area contributed by atoms with Gasteiger partial charge in [-0.2, -0.15) is 0 Å². The van der Waals surface area contributed by atoms with Crippen molar-refractivity contribution in [1.29, 1.82) is 0 Å². The van der Waals surface area contributed by atoms with E-state index in [1.165, 1.54) is 11.0 Å². The molecule has 0 bridgehead atoms. The molecule has 9 heteroatoms. The van der Waals surface area contributed by atoms with Crippen LogP contribution in [0.3, 0.4) is 0 Å². The first-order chi connectivity index (χ1) is 17.2. The molecule has 6 atom stereocenters. The fraction of sp³-hybridized carbons (Fsp3) is 0.679. The molecule has 1 aromatic rings. The van der Waals surface area contributed by atoms with Gasteiger partial charge in [-0.1, -0.05) is 27.7 Å². The molecule has 4 N–H and O–H groups in total. The molecule has 37 heavy (non-hydrogen) atoms. The summed E-state index contributed by atoms with van der Waals surface area (Å²) in [6.07, 6.45) is 2.83. The number of benzene rings is 1. The van der Waals surface area contributed by atoms with Gasteiger partial charge in [-0.25, -0.2) is 4.79 Å². The summed E-state index contributed by atoms with van der Waals surface area (Å²) in [5.41, 5.74) is 0.202. The van der Waals surface area contributed by atoms with E-state index in [1.807, 2.05) is 0 Å². The molecule has 2 heterocycles. The lowest BCUT2D eigenvalue weighted by molar-refractivity contribution is -0.210. The Bertz CT molecular complexity index is 1180. The Hall–Kier alpha value is -2.81. The molecule has 2 saturated carbocycles. The van der Waals surface area contributed by atoms with E-state index in [2.05, 4.69) is 27.7 Å². The lowest BCUT2D eigenvalue weighted by Gasteiger charge is -2.64. The predicted octanol–water partition coefficient (Wildman–Crippen LogP) is 3.57. The lowest BCUT2D eigenvalue weighted by atomic mass is 9.43. The highest BCUT2D eigenvalue weighted by atomic mass is 16.5. The van der Waals surface area contributed by atoms with Gasteiger partial charge in [0.25, 0.3) is 5.91 Å². The number of carboxylic acids is 2. The molecule has 4 aliphatic rings. The maximum Gasteiger partial charge on any atom is 0.326 e. The molecular weight excluding hydrogens is 478 g/mol. The normalized spacial score (nSPS) is 34.5. The maximum absolute atomic E-state index is 13.3. The molecule has 0 radical (unpaired) electrons. The molecular formula is C28H37NO8. The number of aliphatic hydroxyl groups excluding tert-OH is 1. The van der Waals surface area contributed by atoms with E-state index in [4.69, 9.17) is 9.84 Å². The van der Waals surface area contributed by atoms with Crippen molar-refractivity contribution in [3.05, 3.63) is 22.8 Å². The van der Waals surface area contributed by atoms with Crippen molar-refractivity contribution < 1.29 is 39.5 Å². The average Bonchev–Trinajstić information content (AvgIpc) is 3.36. The fourth-order valence-electron chi connectivity index (χ4n) is 8.22. The van der Waals surface area contributed by atoms with Crippen molar-refractivity contribution in [2.24, 2.45) is 22.7 Å². The summed E-state index contributed by atoms with van der Waals surface area (Å²) in [5.74, 6) is -2.14. The number of phenolic OH excluding ortho intramolecular Hbond substituents is 1. The van der Waals surface area contributed by atoms with Gasteiger partial charge in [-0.3, -0.25) is 9.59 Å². The van der Waals surface area contributed by atoms with Gasteiger partial charge >= 0.3 is 11.9 Å². The molecule has 202 valence electrons. The zero-order valence-corrected chi connectivity index (χ0v) is 21.9. The van der Waals surface area contributed by atoms with Crippen molar-refractivity contribution >= 4 is 17.8 Å². The number of nitrogens with zero attached hydrogens (tertiary/aromatic N) is 1. The van der Waals surface area contributed by atoms with Gasteiger partial charge in [0.1, 0.15) is 23.1 Å². The van der Waals surface area contributed by atoms with E-state index in [-0.39, 0.29) is 53.4 Å². The standard InChI is InChI=1S/C28H37NO8/c1-14-5-7-20-26(2,3)21(31)9-10-27(20,4)28(14)12-16-19(30)11-15-17(23(16)37-28)13-29(24(15)34)18(25(35)36)6-8-22(32)33/h11,14,18,20-21,30-31H,5-10,12-13H2,1-4H3,(H,32,33)(H,35,36)/t14-,18-,20+,21+,27-,28-/m0/s1. The topological polar surface area (TPSA) is 145 Å². The number of rotatable bonds is 5. The Labute approximate surface area is 216 Å². The number of amides is 1. The Morgan fingerprint density at radius 2 is 1.86 bits per heavy atom. The second-order valence-corrected chi connectivity index (χ2v) is 12.4. The second kappa shape index (κ2) is 8.35. The van der Waals surface area contributed by atoms with Crippen LogP contribution in [0, 0.1) is 22.7 Å². The van der Waals surface area contributed by atoms with Gasteiger partial charge in [-0.05, 0) is 55.4 Å². The van der Waals surface area contributed by atoms with E-state index in [0.717, 1.165) is 19.3 Å². The molecule has 5 rings (SSSR count). The third kappa shape index (κ3) is 3.49. The molecule has 2 fully saturated rings. The summed E-state index contributed by atoms with van der Waals surface area (Å²) < 4.78 is 6.95. The molecule has 2 aliphatic heterocycles.